The molecule has 0 aliphatic carbocycles. The summed E-state index contributed by atoms with van der Waals surface area (Å²) in [7, 11) is 0. The van der Waals surface area contributed by atoms with Gasteiger partial charge in [-0.2, -0.15) is 13.2 Å². The highest BCUT2D eigenvalue weighted by Crippen LogP contribution is 2.38. The molecule has 1 atom stereocenters. The Labute approximate surface area is 143 Å². The highest BCUT2D eigenvalue weighted by atomic mass is 32.1. The van der Waals surface area contributed by atoms with Crippen molar-refractivity contribution in [2.75, 3.05) is 33.0 Å². The van der Waals surface area contributed by atoms with Crippen LogP contribution in [-0.4, -0.2) is 53.2 Å². The molecule has 2 aliphatic rings. The molecule has 1 aromatic heterocycles. The van der Waals surface area contributed by atoms with E-state index in [1.165, 1.54) is 6.20 Å². The van der Waals surface area contributed by atoms with Crippen LogP contribution in [0.2, 0.25) is 0 Å². The molecule has 1 unspecified atom stereocenters. The number of aromatic nitrogens is 1. The van der Waals surface area contributed by atoms with Crippen molar-refractivity contribution in [2.24, 2.45) is 0 Å². The van der Waals surface area contributed by atoms with Crippen molar-refractivity contribution < 1.29 is 22.6 Å². The minimum Gasteiger partial charge on any atom is -0.354 e. The van der Waals surface area contributed by atoms with Crippen molar-refractivity contribution in [1.29, 1.82) is 0 Å². The molecule has 2 aliphatic heterocycles. The third kappa shape index (κ3) is 3.53. The van der Waals surface area contributed by atoms with Gasteiger partial charge in [0.05, 0.1) is 30.9 Å². The van der Waals surface area contributed by atoms with Crippen LogP contribution in [0.3, 0.4) is 0 Å². The average Bonchev–Trinajstić information content (AvgIpc) is 3.24. The number of nitrogens with zero attached hydrogens (tertiary/aromatic N) is 3. The van der Waals surface area contributed by atoms with E-state index in [-0.39, 0.29) is 24.9 Å². The molecule has 0 N–H and O–H groups in total. The third-order valence-corrected chi connectivity index (χ3v) is 4.61. The molecule has 1 aromatic rings. The van der Waals surface area contributed by atoms with Gasteiger partial charge in [-0.3, -0.25) is 9.88 Å². The zero-order valence-electron chi connectivity index (χ0n) is 13.1. The van der Waals surface area contributed by atoms with Gasteiger partial charge >= 0.3 is 6.18 Å². The van der Waals surface area contributed by atoms with E-state index in [9.17, 15) is 13.2 Å². The van der Waals surface area contributed by atoms with E-state index in [1.54, 1.807) is 5.49 Å². The van der Waals surface area contributed by atoms with E-state index >= 15 is 0 Å². The van der Waals surface area contributed by atoms with Gasteiger partial charge in [-0.1, -0.05) is 12.2 Å². The van der Waals surface area contributed by atoms with Crippen LogP contribution in [0.4, 0.5) is 13.2 Å². The number of thiocarbonyl (C=S) groups is 1. The first-order valence-corrected chi connectivity index (χ1v) is 8.11. The number of hydrogen-bond acceptors (Lipinski definition) is 5. The molecule has 5 nitrogen and oxygen atoms in total. The van der Waals surface area contributed by atoms with E-state index in [1.807, 2.05) is 11.8 Å². The maximum atomic E-state index is 13.4. The number of rotatable bonds is 4. The van der Waals surface area contributed by atoms with Gasteiger partial charge in [0, 0.05) is 25.3 Å². The molecule has 2 saturated heterocycles. The van der Waals surface area contributed by atoms with Gasteiger partial charge in [0.25, 0.3) is 0 Å². The Morgan fingerprint density at radius 3 is 2.62 bits per heavy atom. The van der Waals surface area contributed by atoms with Crippen molar-refractivity contribution in [3.63, 3.8) is 0 Å². The van der Waals surface area contributed by atoms with Crippen molar-refractivity contribution in [2.45, 2.75) is 25.4 Å². The minimum absolute atomic E-state index is 0.196. The second-order valence-electron chi connectivity index (χ2n) is 5.82. The molecular formula is C15H18F3N3O2S. The van der Waals surface area contributed by atoms with Crippen molar-refractivity contribution in [3.8, 4) is 0 Å². The van der Waals surface area contributed by atoms with Crippen LogP contribution < -0.4 is 0 Å². The van der Waals surface area contributed by atoms with Crippen LogP contribution in [0.25, 0.3) is 0 Å². The number of alkyl halides is 3. The summed E-state index contributed by atoms with van der Waals surface area (Å²) in [6.07, 6.45) is -4.10. The summed E-state index contributed by atoms with van der Waals surface area (Å²) in [6, 6.07) is 0.955. The second-order valence-corrected chi connectivity index (χ2v) is 6.03. The van der Waals surface area contributed by atoms with E-state index in [2.05, 4.69) is 9.88 Å². The third-order valence-electron chi connectivity index (χ3n) is 4.31. The first-order valence-electron chi connectivity index (χ1n) is 7.64. The van der Waals surface area contributed by atoms with Gasteiger partial charge in [0.1, 0.15) is 5.69 Å². The van der Waals surface area contributed by atoms with E-state index in [4.69, 9.17) is 21.7 Å². The average molecular weight is 361 g/mol. The van der Waals surface area contributed by atoms with E-state index in [0.29, 0.717) is 12.2 Å². The Balaban J connectivity index is 1.88. The van der Waals surface area contributed by atoms with Gasteiger partial charge in [-0.25, -0.2) is 0 Å². The molecule has 132 valence electrons. The molecule has 2 fully saturated rings. The SMILES string of the molecule is CC(c1cnc(C2OCCO2)c(C(F)(F)F)c1)N1CCN(C=S)C1. The second kappa shape index (κ2) is 6.91. The molecule has 24 heavy (non-hydrogen) atoms. The lowest BCUT2D eigenvalue weighted by Crippen LogP contribution is -2.27. The summed E-state index contributed by atoms with van der Waals surface area (Å²) in [4.78, 5) is 8.02. The number of pyridine rings is 1. The molecule has 0 amide bonds. The number of halogens is 3. The fourth-order valence-corrected chi connectivity index (χ4v) is 3.07. The summed E-state index contributed by atoms with van der Waals surface area (Å²) in [5.74, 6) is 0. The Kier molecular flexibility index (Phi) is 5.05. The van der Waals surface area contributed by atoms with Crippen LogP contribution in [-0.2, 0) is 15.7 Å². The van der Waals surface area contributed by atoms with Gasteiger partial charge in [-0.05, 0) is 18.6 Å². The first-order chi connectivity index (χ1) is 11.4. The molecule has 0 radical (unpaired) electrons. The van der Waals surface area contributed by atoms with E-state index in [0.717, 1.165) is 19.2 Å². The van der Waals surface area contributed by atoms with Crippen LogP contribution in [0, 0.1) is 0 Å². The topological polar surface area (TPSA) is 37.8 Å². The summed E-state index contributed by atoms with van der Waals surface area (Å²) in [5, 5.41) is 0. The first kappa shape index (κ1) is 17.5. The fourth-order valence-electron chi connectivity index (χ4n) is 2.90. The Morgan fingerprint density at radius 2 is 2.04 bits per heavy atom. The Morgan fingerprint density at radius 1 is 1.33 bits per heavy atom. The van der Waals surface area contributed by atoms with Crippen LogP contribution in [0.5, 0.6) is 0 Å². The molecule has 3 rings (SSSR count). The van der Waals surface area contributed by atoms with Gasteiger partial charge < -0.3 is 14.4 Å². The zero-order chi connectivity index (χ0) is 17.3. The van der Waals surface area contributed by atoms with Crippen molar-refractivity contribution in [3.05, 3.63) is 29.1 Å². The molecule has 9 heteroatoms. The van der Waals surface area contributed by atoms with Crippen LogP contribution >= 0.6 is 12.2 Å². The highest BCUT2D eigenvalue weighted by molar-refractivity contribution is 7.78. The summed E-state index contributed by atoms with van der Waals surface area (Å²) >= 11 is 4.90. The summed E-state index contributed by atoms with van der Waals surface area (Å²) in [6.45, 7) is 4.52. The lowest BCUT2D eigenvalue weighted by Gasteiger charge is -2.25. The largest absolute Gasteiger partial charge is 0.418 e. The monoisotopic (exact) mass is 361 g/mol. The van der Waals surface area contributed by atoms with E-state index < -0.39 is 18.0 Å². The van der Waals surface area contributed by atoms with Crippen molar-refractivity contribution >= 4 is 17.7 Å². The fraction of sp³-hybridized carbons (Fsp3) is 0.600. The molecule has 0 spiro atoms. The minimum atomic E-state index is -4.52. The standard InChI is InChI=1S/C15H18F3N3O2S/c1-10(21-3-2-20(8-21)9-24)11-6-12(15(16,17)18)13(19-7-11)14-22-4-5-23-14/h6-7,9-10,14H,2-5,8H2,1H3. The Bertz CT molecular complexity index is 608. The lowest BCUT2D eigenvalue weighted by molar-refractivity contribution is -0.143. The maximum absolute atomic E-state index is 13.4. The molecule has 0 saturated carbocycles. The molecule has 0 bridgehead atoms. The Hall–Kier alpha value is -1.29. The van der Waals surface area contributed by atoms with Gasteiger partial charge in [-0.15, -0.1) is 0 Å². The van der Waals surface area contributed by atoms with Gasteiger partial charge in [0.15, 0.2) is 0 Å². The predicted octanol–water partition coefficient (Wildman–Crippen LogP) is 2.74. The molecule has 0 aromatic carbocycles. The van der Waals surface area contributed by atoms with Gasteiger partial charge in [0.2, 0.25) is 6.29 Å². The highest BCUT2D eigenvalue weighted by Gasteiger charge is 2.39. The number of hydrogen-bond donors (Lipinski definition) is 0. The molecule has 3 heterocycles. The predicted molar refractivity (Wildman–Crippen MR) is 84.2 cm³/mol. The quantitative estimate of drug-likeness (QED) is 0.768. The normalized spacial score (nSPS) is 21.4. The van der Waals surface area contributed by atoms with Crippen molar-refractivity contribution in [1.82, 2.24) is 14.8 Å². The van der Waals surface area contributed by atoms with Crippen LogP contribution in [0.1, 0.15) is 36.1 Å². The molecular weight excluding hydrogens is 343 g/mol. The summed E-state index contributed by atoms with van der Waals surface area (Å²) < 4.78 is 50.7. The smallest absolute Gasteiger partial charge is 0.354 e. The zero-order valence-corrected chi connectivity index (χ0v) is 13.9. The maximum Gasteiger partial charge on any atom is 0.418 e. The summed E-state index contributed by atoms with van der Waals surface area (Å²) in [5.41, 5.74) is 1.07. The number of ether oxygens (including phenoxy) is 2. The lowest BCUT2D eigenvalue weighted by atomic mass is 10.0. The van der Waals surface area contributed by atoms with Crippen LogP contribution in [0.15, 0.2) is 12.3 Å².